The summed E-state index contributed by atoms with van der Waals surface area (Å²) in [5.74, 6) is 6.72. The van der Waals surface area contributed by atoms with Gasteiger partial charge in [0, 0.05) is 0 Å². The van der Waals surface area contributed by atoms with Crippen molar-refractivity contribution in [3.63, 3.8) is 0 Å². The van der Waals surface area contributed by atoms with Crippen LogP contribution in [-0.2, 0) is 0 Å². The summed E-state index contributed by atoms with van der Waals surface area (Å²) in [4.78, 5) is 0. The largest absolute Gasteiger partial charge is 0.330 e. The molecule has 4 fully saturated rings. The monoisotopic (exact) mass is 345 g/mol. The molecule has 25 heavy (non-hydrogen) atoms. The second-order valence-electron chi connectivity index (χ2n) is 11.1. The molecule has 4 aliphatic rings. The molecule has 0 heterocycles. The van der Waals surface area contributed by atoms with Crippen LogP contribution in [-0.4, -0.2) is 6.54 Å². The lowest BCUT2D eigenvalue weighted by atomic mass is 9.42. The zero-order valence-electron chi connectivity index (χ0n) is 17.4. The fraction of sp³-hybridized carbons (Fsp3) is 1.00. The van der Waals surface area contributed by atoms with Gasteiger partial charge in [0.25, 0.3) is 0 Å². The van der Waals surface area contributed by atoms with E-state index in [0.717, 1.165) is 48.0 Å². The Morgan fingerprint density at radius 3 is 2.40 bits per heavy atom. The maximum atomic E-state index is 6.12. The highest BCUT2D eigenvalue weighted by molar-refractivity contribution is 5.10. The van der Waals surface area contributed by atoms with Gasteiger partial charge in [-0.3, -0.25) is 0 Å². The molecule has 2 N–H and O–H groups in total. The van der Waals surface area contributed by atoms with Crippen molar-refractivity contribution < 1.29 is 0 Å². The molecule has 0 aromatic rings. The van der Waals surface area contributed by atoms with Crippen LogP contribution in [0.2, 0.25) is 0 Å². The maximum absolute atomic E-state index is 6.12. The molecule has 4 aliphatic carbocycles. The number of rotatable bonds is 3. The SMILES string of the molecule is CC[C@H]1CC2C3CCC([C@H](C)CN)C3(C)CC[C@@H]2C2(C)CCCCC12. The number of nitrogens with two attached hydrogens (primary N) is 1. The summed E-state index contributed by atoms with van der Waals surface area (Å²) in [6.45, 7) is 11.2. The van der Waals surface area contributed by atoms with Crippen molar-refractivity contribution in [2.24, 2.45) is 58.0 Å². The van der Waals surface area contributed by atoms with E-state index < -0.39 is 0 Å². The molecule has 4 saturated carbocycles. The molecule has 144 valence electrons. The maximum Gasteiger partial charge on any atom is -0.00486 e. The summed E-state index contributed by atoms with van der Waals surface area (Å²) in [6.07, 6.45) is 15.0. The van der Waals surface area contributed by atoms with Crippen LogP contribution < -0.4 is 5.73 Å². The van der Waals surface area contributed by atoms with Crippen LogP contribution in [0.25, 0.3) is 0 Å². The Morgan fingerprint density at radius 1 is 0.920 bits per heavy atom. The highest BCUT2D eigenvalue weighted by Crippen LogP contribution is 2.69. The third-order valence-electron chi connectivity index (χ3n) is 10.4. The molecule has 0 saturated heterocycles. The Hall–Kier alpha value is -0.0400. The molecule has 9 atom stereocenters. The van der Waals surface area contributed by atoms with E-state index in [-0.39, 0.29) is 0 Å². The summed E-state index contributed by atoms with van der Waals surface area (Å²) >= 11 is 0. The van der Waals surface area contributed by atoms with Gasteiger partial charge in [0.05, 0.1) is 0 Å². The average molecular weight is 346 g/mol. The first-order valence-corrected chi connectivity index (χ1v) is 11.7. The highest BCUT2D eigenvalue weighted by Gasteiger charge is 2.61. The fourth-order valence-electron chi connectivity index (χ4n) is 9.16. The van der Waals surface area contributed by atoms with E-state index in [4.69, 9.17) is 5.73 Å². The molecule has 0 radical (unpaired) electrons. The molecule has 1 heteroatoms. The summed E-state index contributed by atoms with van der Waals surface area (Å²) in [6, 6.07) is 0. The van der Waals surface area contributed by atoms with E-state index >= 15 is 0 Å². The van der Waals surface area contributed by atoms with Crippen LogP contribution in [0.5, 0.6) is 0 Å². The molecule has 0 aliphatic heterocycles. The van der Waals surface area contributed by atoms with Crippen molar-refractivity contribution in [3.8, 4) is 0 Å². The summed E-state index contributed by atoms with van der Waals surface area (Å²) in [5.41, 5.74) is 7.38. The summed E-state index contributed by atoms with van der Waals surface area (Å²) < 4.78 is 0. The Labute approximate surface area is 156 Å². The van der Waals surface area contributed by atoms with Crippen molar-refractivity contribution in [1.82, 2.24) is 0 Å². The van der Waals surface area contributed by atoms with Crippen LogP contribution in [0, 0.1) is 52.3 Å². The van der Waals surface area contributed by atoms with E-state index in [1.165, 1.54) is 57.8 Å². The van der Waals surface area contributed by atoms with Gasteiger partial charge in [0.1, 0.15) is 0 Å². The van der Waals surface area contributed by atoms with Crippen LogP contribution in [0.4, 0.5) is 0 Å². The molecule has 0 spiro atoms. The average Bonchev–Trinajstić information content (AvgIpc) is 2.97. The molecule has 4 rings (SSSR count). The minimum Gasteiger partial charge on any atom is -0.330 e. The van der Waals surface area contributed by atoms with Crippen molar-refractivity contribution >= 4 is 0 Å². The van der Waals surface area contributed by atoms with Gasteiger partial charge < -0.3 is 5.73 Å². The zero-order chi connectivity index (χ0) is 17.8. The zero-order valence-corrected chi connectivity index (χ0v) is 17.4. The van der Waals surface area contributed by atoms with Crippen LogP contribution in [0.15, 0.2) is 0 Å². The molecule has 0 aromatic heterocycles. The smallest absolute Gasteiger partial charge is 0.00486 e. The Morgan fingerprint density at radius 2 is 1.68 bits per heavy atom. The lowest BCUT2D eigenvalue weighted by Gasteiger charge is -2.63. The molecule has 0 bridgehead atoms. The first-order chi connectivity index (χ1) is 12.0. The van der Waals surface area contributed by atoms with Crippen LogP contribution in [0.3, 0.4) is 0 Å². The first kappa shape index (κ1) is 18.3. The molecule has 0 amide bonds. The van der Waals surface area contributed by atoms with Crippen LogP contribution >= 0.6 is 0 Å². The Kier molecular flexibility index (Phi) is 4.79. The van der Waals surface area contributed by atoms with Gasteiger partial charge in [-0.05, 0) is 104 Å². The van der Waals surface area contributed by atoms with Gasteiger partial charge in [0.15, 0.2) is 0 Å². The fourth-order valence-corrected chi connectivity index (χ4v) is 9.16. The minimum atomic E-state index is 0.593. The molecular formula is C24H43N. The predicted molar refractivity (Wildman–Crippen MR) is 107 cm³/mol. The Balaban J connectivity index is 1.65. The van der Waals surface area contributed by atoms with Crippen LogP contribution in [0.1, 0.15) is 91.9 Å². The van der Waals surface area contributed by atoms with Crippen molar-refractivity contribution in [2.75, 3.05) is 6.54 Å². The summed E-state index contributed by atoms with van der Waals surface area (Å²) in [5, 5.41) is 0. The first-order valence-electron chi connectivity index (χ1n) is 11.7. The highest BCUT2D eigenvalue weighted by atomic mass is 14.7. The standard InChI is InChI=1S/C24H43N/c1-5-17-14-18-21-10-9-19(16(2)15-25)24(21,4)13-11-22(18)23(3)12-7-6-8-20(17)23/h16-22H,5-15,25H2,1-4H3/t16-,17+,18?,19?,20?,21?,22+,23?,24?/m1/s1. The third kappa shape index (κ3) is 2.58. The number of hydrogen-bond acceptors (Lipinski definition) is 1. The van der Waals surface area contributed by atoms with E-state index in [1.54, 1.807) is 6.42 Å². The topological polar surface area (TPSA) is 26.0 Å². The van der Waals surface area contributed by atoms with Gasteiger partial charge in [-0.2, -0.15) is 0 Å². The van der Waals surface area contributed by atoms with E-state index in [9.17, 15) is 0 Å². The number of fused-ring (bicyclic) bond motifs is 5. The second-order valence-corrected chi connectivity index (χ2v) is 11.1. The molecule has 6 unspecified atom stereocenters. The quantitative estimate of drug-likeness (QED) is 0.641. The van der Waals surface area contributed by atoms with Gasteiger partial charge >= 0.3 is 0 Å². The third-order valence-corrected chi connectivity index (χ3v) is 10.4. The van der Waals surface area contributed by atoms with Crippen molar-refractivity contribution in [3.05, 3.63) is 0 Å². The molecule has 1 nitrogen and oxygen atoms in total. The summed E-state index contributed by atoms with van der Waals surface area (Å²) in [7, 11) is 0. The normalized spacial score (nSPS) is 53.6. The van der Waals surface area contributed by atoms with Gasteiger partial charge in [-0.15, -0.1) is 0 Å². The molecular weight excluding hydrogens is 302 g/mol. The second kappa shape index (κ2) is 6.54. The van der Waals surface area contributed by atoms with Gasteiger partial charge in [-0.1, -0.05) is 47.0 Å². The van der Waals surface area contributed by atoms with E-state index in [1.807, 2.05) is 0 Å². The van der Waals surface area contributed by atoms with E-state index in [2.05, 4.69) is 27.7 Å². The predicted octanol–water partition coefficient (Wildman–Crippen LogP) is 6.27. The Bertz CT molecular complexity index is 486. The number of hydrogen-bond donors (Lipinski definition) is 1. The lowest BCUT2D eigenvalue weighted by Crippen LogP contribution is -2.55. The van der Waals surface area contributed by atoms with Gasteiger partial charge in [-0.25, -0.2) is 0 Å². The van der Waals surface area contributed by atoms with Crippen molar-refractivity contribution in [2.45, 2.75) is 91.9 Å². The lowest BCUT2D eigenvalue weighted by molar-refractivity contribution is -0.137. The minimum absolute atomic E-state index is 0.593. The van der Waals surface area contributed by atoms with E-state index in [0.29, 0.717) is 10.8 Å². The molecule has 0 aromatic carbocycles. The van der Waals surface area contributed by atoms with Gasteiger partial charge in [0.2, 0.25) is 0 Å². The van der Waals surface area contributed by atoms with Crippen molar-refractivity contribution in [1.29, 1.82) is 0 Å².